The summed E-state index contributed by atoms with van der Waals surface area (Å²) >= 11 is 4.48. The van der Waals surface area contributed by atoms with Crippen molar-refractivity contribution < 1.29 is 0 Å². The number of hydrogen-bond acceptors (Lipinski definition) is 3. The highest BCUT2D eigenvalue weighted by Crippen LogP contribution is 2.07. The second kappa shape index (κ2) is 5.21. The van der Waals surface area contributed by atoms with E-state index in [0.717, 1.165) is 5.69 Å². The first kappa shape index (κ1) is 9.60. The zero-order valence-corrected chi connectivity index (χ0v) is 8.03. The fraction of sp³-hybridized carbons (Fsp3) is 0.125. The molecule has 0 aromatic heterocycles. The molecule has 0 bridgehead atoms. The molecule has 0 aliphatic heterocycles. The van der Waals surface area contributed by atoms with Gasteiger partial charge in [0.1, 0.15) is 5.49 Å². The number of rotatable bonds is 4. The minimum atomic E-state index is 1.01. The average molecular weight is 194 g/mol. The Morgan fingerprint density at radius 1 is 1.38 bits per heavy atom. The van der Waals surface area contributed by atoms with Gasteiger partial charge in [0.05, 0.1) is 5.69 Å². The Morgan fingerprint density at radius 2 is 2.08 bits per heavy atom. The Hall–Kier alpha value is -1.49. The van der Waals surface area contributed by atoms with Gasteiger partial charge < -0.3 is 0 Å². The van der Waals surface area contributed by atoms with E-state index < -0.39 is 0 Å². The van der Waals surface area contributed by atoms with Gasteiger partial charge in [0.15, 0.2) is 0 Å². The Kier molecular flexibility index (Phi) is 3.84. The van der Waals surface area contributed by atoms with Crippen LogP contribution in [-0.2, 0) is 0 Å². The molecule has 0 unspecified atom stereocenters. The maximum Gasteiger partial charge on any atom is 0.114 e. The highest BCUT2D eigenvalue weighted by Gasteiger charge is 1.94. The summed E-state index contributed by atoms with van der Waals surface area (Å²) in [6.45, 7) is 0. The van der Waals surface area contributed by atoms with Gasteiger partial charge in [0.2, 0.25) is 0 Å². The first-order valence-corrected chi connectivity index (χ1v) is 4.19. The summed E-state index contributed by atoms with van der Waals surface area (Å²) in [5, 5.41) is 8.85. The number of hydrogen-bond donors (Lipinski definition) is 1. The van der Waals surface area contributed by atoms with Gasteiger partial charge in [0.25, 0.3) is 0 Å². The molecule has 0 saturated heterocycles. The molecule has 0 radical (unpaired) electrons. The van der Waals surface area contributed by atoms with E-state index in [1.807, 2.05) is 37.4 Å². The van der Waals surface area contributed by atoms with Crippen molar-refractivity contribution in [3.8, 4) is 0 Å². The van der Waals surface area contributed by atoms with Crippen LogP contribution in [0.5, 0.6) is 0 Å². The minimum Gasteiger partial charge on any atom is -0.274 e. The van der Waals surface area contributed by atoms with Crippen molar-refractivity contribution >= 4 is 23.4 Å². The van der Waals surface area contributed by atoms with Gasteiger partial charge in [-0.05, 0) is 12.1 Å². The van der Waals surface area contributed by atoms with E-state index in [2.05, 4.69) is 28.1 Å². The topological polar surface area (TPSA) is 40.0 Å². The van der Waals surface area contributed by atoms with Crippen LogP contribution in [0.3, 0.4) is 0 Å². The molecule has 5 heteroatoms. The van der Waals surface area contributed by atoms with Crippen molar-refractivity contribution in [1.82, 2.24) is 5.53 Å². The monoisotopic (exact) mass is 194 g/mol. The van der Waals surface area contributed by atoms with Gasteiger partial charge in [-0.25, -0.2) is 0 Å². The summed E-state index contributed by atoms with van der Waals surface area (Å²) in [6.07, 6.45) is 0. The summed E-state index contributed by atoms with van der Waals surface area (Å²) in [5.41, 5.74) is 4.90. The lowest BCUT2D eigenvalue weighted by molar-refractivity contribution is 0.689. The number of anilines is 1. The van der Waals surface area contributed by atoms with Crippen molar-refractivity contribution in [3.05, 3.63) is 30.3 Å². The van der Waals surface area contributed by atoms with Gasteiger partial charge in [-0.1, -0.05) is 35.6 Å². The van der Waals surface area contributed by atoms with E-state index >= 15 is 0 Å². The highest BCUT2D eigenvalue weighted by atomic mass is 32.1. The van der Waals surface area contributed by atoms with Crippen molar-refractivity contribution in [3.63, 3.8) is 0 Å². The van der Waals surface area contributed by atoms with Crippen LogP contribution in [0.15, 0.2) is 40.7 Å². The Bertz CT molecular complexity index is 285. The average Bonchev–Trinajstić information content (AvgIpc) is 2.19. The maximum absolute atomic E-state index is 4.48. The number of thiocarbonyl (C=S) groups is 1. The SMILES string of the molecule is CN(N/N=N\C=S)c1ccccc1. The molecule has 0 spiro atoms. The molecule has 0 heterocycles. The second-order valence-electron chi connectivity index (χ2n) is 2.32. The fourth-order valence-electron chi connectivity index (χ4n) is 0.826. The van der Waals surface area contributed by atoms with Gasteiger partial charge in [-0.15, -0.1) is 5.11 Å². The third-order valence-electron chi connectivity index (χ3n) is 1.44. The molecule has 0 aliphatic carbocycles. The largest absolute Gasteiger partial charge is 0.274 e. The molecule has 1 aromatic carbocycles. The van der Waals surface area contributed by atoms with Crippen molar-refractivity contribution in [1.29, 1.82) is 0 Å². The smallest absolute Gasteiger partial charge is 0.114 e. The van der Waals surface area contributed by atoms with Gasteiger partial charge in [-0.3, -0.25) is 5.01 Å². The zero-order chi connectivity index (χ0) is 9.52. The van der Waals surface area contributed by atoms with E-state index in [0.29, 0.717) is 0 Å². The van der Waals surface area contributed by atoms with Crippen LogP contribution in [0.1, 0.15) is 0 Å². The first-order chi connectivity index (χ1) is 6.34. The van der Waals surface area contributed by atoms with E-state index in [4.69, 9.17) is 0 Å². The quantitative estimate of drug-likeness (QED) is 0.452. The van der Waals surface area contributed by atoms with Crippen molar-refractivity contribution in [2.24, 2.45) is 10.3 Å². The van der Waals surface area contributed by atoms with Gasteiger partial charge in [-0.2, -0.15) is 5.53 Å². The molecular formula is C8H10N4S. The predicted octanol–water partition coefficient (Wildman–Crippen LogP) is 1.95. The predicted molar refractivity (Wildman–Crippen MR) is 56.5 cm³/mol. The molecule has 13 heavy (non-hydrogen) atoms. The molecule has 0 amide bonds. The van der Waals surface area contributed by atoms with Crippen LogP contribution in [0.2, 0.25) is 0 Å². The van der Waals surface area contributed by atoms with E-state index in [1.165, 1.54) is 5.49 Å². The third-order valence-corrected chi connectivity index (χ3v) is 1.54. The second-order valence-corrected chi connectivity index (χ2v) is 2.53. The van der Waals surface area contributed by atoms with Gasteiger partial charge in [0, 0.05) is 7.05 Å². The lowest BCUT2D eigenvalue weighted by Gasteiger charge is -2.16. The summed E-state index contributed by atoms with van der Waals surface area (Å²) in [4.78, 5) is 0. The van der Waals surface area contributed by atoms with Crippen LogP contribution in [0.4, 0.5) is 5.69 Å². The molecule has 0 saturated carbocycles. The zero-order valence-electron chi connectivity index (χ0n) is 7.21. The van der Waals surface area contributed by atoms with Crippen molar-refractivity contribution in [2.75, 3.05) is 12.1 Å². The fourth-order valence-corrected chi connectivity index (χ4v) is 0.873. The summed E-state index contributed by atoms with van der Waals surface area (Å²) < 4.78 is 0. The molecule has 1 N–H and O–H groups in total. The molecule has 4 nitrogen and oxygen atoms in total. The maximum atomic E-state index is 4.48. The van der Waals surface area contributed by atoms with E-state index in [9.17, 15) is 0 Å². The Morgan fingerprint density at radius 3 is 2.69 bits per heavy atom. The standard InChI is InChI=1S/C8H10N4S/c1-12(11-10-9-7-13)8-5-3-2-4-6-8/h2-7H,1H3,(H,9,11,13). The molecule has 1 rings (SSSR count). The Labute approximate surface area is 82.2 Å². The third kappa shape index (κ3) is 3.16. The van der Waals surface area contributed by atoms with Crippen LogP contribution in [-0.4, -0.2) is 12.5 Å². The lowest BCUT2D eigenvalue weighted by atomic mass is 10.3. The van der Waals surface area contributed by atoms with E-state index in [1.54, 1.807) is 5.01 Å². The van der Waals surface area contributed by atoms with Crippen LogP contribution in [0.25, 0.3) is 0 Å². The Balaban J connectivity index is 2.53. The molecule has 68 valence electrons. The summed E-state index contributed by atoms with van der Waals surface area (Å²) in [6, 6.07) is 9.77. The number of nitrogens with one attached hydrogen (secondary N) is 1. The molecular weight excluding hydrogens is 184 g/mol. The van der Waals surface area contributed by atoms with E-state index in [-0.39, 0.29) is 0 Å². The number of nitrogens with zero attached hydrogens (tertiary/aromatic N) is 3. The number of para-hydroxylation sites is 1. The number of hydrazine groups is 1. The molecule has 0 fully saturated rings. The summed E-state index contributed by atoms with van der Waals surface area (Å²) in [7, 11) is 1.84. The minimum absolute atomic E-state index is 1.01. The van der Waals surface area contributed by atoms with Crippen LogP contribution >= 0.6 is 12.2 Å². The molecule has 0 aliphatic rings. The first-order valence-electron chi connectivity index (χ1n) is 3.72. The van der Waals surface area contributed by atoms with Gasteiger partial charge >= 0.3 is 0 Å². The van der Waals surface area contributed by atoms with Crippen LogP contribution < -0.4 is 10.5 Å². The lowest BCUT2D eigenvalue weighted by Crippen LogP contribution is -2.29. The highest BCUT2D eigenvalue weighted by molar-refractivity contribution is 7.78. The number of benzene rings is 1. The molecule has 1 aromatic rings. The summed E-state index contributed by atoms with van der Waals surface area (Å²) in [5.74, 6) is 0. The normalized spacial score (nSPS) is 9.92. The molecule has 0 atom stereocenters. The van der Waals surface area contributed by atoms with Crippen molar-refractivity contribution in [2.45, 2.75) is 0 Å². The van der Waals surface area contributed by atoms with Crippen LogP contribution in [0, 0.1) is 0 Å².